The minimum atomic E-state index is -1.24. The molecule has 0 fully saturated rings. The molecule has 0 amide bonds. The highest BCUT2D eigenvalue weighted by Crippen LogP contribution is 2.25. The Morgan fingerprint density at radius 3 is 2.65 bits per heavy atom. The van der Waals surface area contributed by atoms with Gasteiger partial charge in [-0.3, -0.25) is 4.79 Å². The van der Waals surface area contributed by atoms with E-state index in [9.17, 15) is 20.0 Å². The number of carbonyl (C=O) groups excluding carboxylic acids is 1. The molecular weight excluding hydrogens is 232 g/mol. The van der Waals surface area contributed by atoms with Crippen LogP contribution in [0.2, 0.25) is 0 Å². The Bertz CT molecular complexity index is 447. The molecule has 0 radical (unpaired) electrons. The first kappa shape index (κ1) is 12.7. The van der Waals surface area contributed by atoms with Gasteiger partial charge in [-0.15, -0.1) is 10.1 Å². The van der Waals surface area contributed by atoms with Gasteiger partial charge in [0.25, 0.3) is 0 Å². The molecule has 17 heavy (non-hydrogen) atoms. The van der Waals surface area contributed by atoms with Crippen LogP contribution in [-0.4, -0.2) is 27.3 Å². The Kier molecular flexibility index (Phi) is 3.83. The Labute approximate surface area is 95.3 Å². The molecule has 0 saturated carbocycles. The summed E-state index contributed by atoms with van der Waals surface area (Å²) in [6.45, 7) is 0. The van der Waals surface area contributed by atoms with Crippen LogP contribution in [0.4, 0.5) is 0 Å². The van der Waals surface area contributed by atoms with Crippen LogP contribution >= 0.6 is 0 Å². The molecule has 1 aromatic rings. The van der Waals surface area contributed by atoms with E-state index in [4.69, 9.17) is 10.8 Å². The molecular formula is C9H10N2O6. The van der Waals surface area contributed by atoms with Crippen molar-refractivity contribution in [2.45, 2.75) is 12.5 Å². The lowest BCUT2D eigenvalue weighted by molar-refractivity contribution is -0.729. The van der Waals surface area contributed by atoms with Gasteiger partial charge in [0.05, 0.1) is 6.04 Å². The van der Waals surface area contributed by atoms with Gasteiger partial charge in [-0.25, -0.2) is 4.84 Å². The molecule has 1 unspecified atom stereocenters. The number of benzene rings is 1. The Hall–Kier alpha value is -2.35. The maximum absolute atomic E-state index is 11.0. The topological polar surface area (TPSA) is 136 Å². The molecule has 8 nitrogen and oxygen atoms in total. The van der Waals surface area contributed by atoms with Gasteiger partial charge in [-0.1, -0.05) is 6.07 Å². The minimum absolute atomic E-state index is 0.0550. The van der Waals surface area contributed by atoms with Crippen LogP contribution in [0, 0.1) is 10.1 Å². The summed E-state index contributed by atoms with van der Waals surface area (Å²) in [5.41, 5.74) is 5.80. The van der Waals surface area contributed by atoms with Crippen molar-refractivity contribution in [3.05, 3.63) is 33.9 Å². The van der Waals surface area contributed by atoms with Crippen LogP contribution in [0.1, 0.15) is 5.56 Å². The lowest BCUT2D eigenvalue weighted by Crippen LogP contribution is -2.35. The quantitative estimate of drug-likeness (QED) is 0.374. The fraction of sp³-hybridized carbons (Fsp3) is 0.222. The minimum Gasteiger partial charge on any atom is -0.504 e. The average Bonchev–Trinajstić information content (AvgIpc) is 2.22. The molecule has 0 aliphatic rings. The zero-order chi connectivity index (χ0) is 13.0. The third-order valence-electron chi connectivity index (χ3n) is 1.96. The number of carbonyl (C=O) groups is 1. The Morgan fingerprint density at radius 2 is 2.12 bits per heavy atom. The number of aromatic hydroxyl groups is 2. The molecule has 0 aromatic heterocycles. The molecule has 0 saturated heterocycles. The van der Waals surface area contributed by atoms with E-state index in [0.29, 0.717) is 5.56 Å². The lowest BCUT2D eigenvalue weighted by Gasteiger charge is -2.09. The maximum Gasteiger partial charge on any atom is 0.320 e. The van der Waals surface area contributed by atoms with Gasteiger partial charge in [0, 0.05) is 0 Å². The Balaban J connectivity index is 2.67. The van der Waals surface area contributed by atoms with Crippen molar-refractivity contribution in [3.63, 3.8) is 0 Å². The van der Waals surface area contributed by atoms with Crippen molar-refractivity contribution in [2.24, 2.45) is 5.73 Å². The van der Waals surface area contributed by atoms with E-state index in [0.717, 1.165) is 0 Å². The van der Waals surface area contributed by atoms with E-state index >= 15 is 0 Å². The second-order valence-electron chi connectivity index (χ2n) is 3.27. The highest BCUT2D eigenvalue weighted by molar-refractivity contribution is 5.75. The summed E-state index contributed by atoms with van der Waals surface area (Å²) in [5.74, 6) is -1.85. The summed E-state index contributed by atoms with van der Waals surface area (Å²) < 4.78 is 0. The standard InChI is InChI=1S/C9H10N2O6/c10-6(9(14)17-11(15)16)3-5-1-2-7(12)8(13)4-5/h1-2,4,6,12-13H,3,10H2. The molecule has 0 heterocycles. The summed E-state index contributed by atoms with van der Waals surface area (Å²) in [5, 5.41) is 26.9. The largest absolute Gasteiger partial charge is 0.504 e. The molecule has 4 N–H and O–H groups in total. The summed E-state index contributed by atoms with van der Waals surface area (Å²) in [6, 6.07) is 2.63. The van der Waals surface area contributed by atoms with E-state index in [1.165, 1.54) is 18.2 Å². The summed E-state index contributed by atoms with van der Waals surface area (Å²) in [7, 11) is 0. The summed E-state index contributed by atoms with van der Waals surface area (Å²) in [6.07, 6.45) is -0.0550. The monoisotopic (exact) mass is 242 g/mol. The zero-order valence-corrected chi connectivity index (χ0v) is 8.57. The van der Waals surface area contributed by atoms with Crippen molar-refractivity contribution in [1.29, 1.82) is 0 Å². The van der Waals surface area contributed by atoms with E-state index in [1.54, 1.807) is 0 Å². The zero-order valence-electron chi connectivity index (χ0n) is 8.57. The Morgan fingerprint density at radius 1 is 1.47 bits per heavy atom. The van der Waals surface area contributed by atoms with Crippen LogP contribution in [0.5, 0.6) is 11.5 Å². The summed E-state index contributed by atoms with van der Waals surface area (Å²) in [4.78, 5) is 24.6. The molecule has 0 bridgehead atoms. The fourth-order valence-corrected chi connectivity index (χ4v) is 1.17. The van der Waals surface area contributed by atoms with Gasteiger partial charge >= 0.3 is 11.1 Å². The van der Waals surface area contributed by atoms with Crippen molar-refractivity contribution in [2.75, 3.05) is 0 Å². The molecule has 1 aromatic carbocycles. The number of nitrogens with two attached hydrogens (primary N) is 1. The van der Waals surface area contributed by atoms with Crippen LogP contribution in [-0.2, 0) is 16.1 Å². The van der Waals surface area contributed by atoms with E-state index in [-0.39, 0.29) is 17.9 Å². The first-order valence-electron chi connectivity index (χ1n) is 4.53. The van der Waals surface area contributed by atoms with Crippen LogP contribution < -0.4 is 5.73 Å². The highest BCUT2D eigenvalue weighted by Gasteiger charge is 2.18. The highest BCUT2D eigenvalue weighted by atomic mass is 17.0. The third kappa shape index (κ3) is 3.61. The van der Waals surface area contributed by atoms with Gasteiger partial charge in [-0.05, 0) is 24.1 Å². The smallest absolute Gasteiger partial charge is 0.320 e. The number of nitrogens with zero attached hydrogens (tertiary/aromatic N) is 1. The van der Waals surface area contributed by atoms with Crippen LogP contribution in [0.25, 0.3) is 0 Å². The maximum atomic E-state index is 11.0. The fourth-order valence-electron chi connectivity index (χ4n) is 1.17. The van der Waals surface area contributed by atoms with Gasteiger partial charge in [0.1, 0.15) is 0 Å². The third-order valence-corrected chi connectivity index (χ3v) is 1.96. The van der Waals surface area contributed by atoms with E-state index in [2.05, 4.69) is 4.84 Å². The predicted molar refractivity (Wildman–Crippen MR) is 54.5 cm³/mol. The van der Waals surface area contributed by atoms with Gasteiger partial charge in [-0.2, -0.15) is 0 Å². The summed E-state index contributed by atoms with van der Waals surface area (Å²) >= 11 is 0. The van der Waals surface area contributed by atoms with E-state index in [1.807, 2.05) is 0 Å². The number of hydrogen-bond acceptors (Lipinski definition) is 7. The van der Waals surface area contributed by atoms with Gasteiger partial charge in [0.15, 0.2) is 11.5 Å². The molecule has 0 aliphatic heterocycles. The molecule has 8 heteroatoms. The number of phenolic OH excluding ortho intramolecular Hbond substituents is 2. The van der Waals surface area contributed by atoms with Crippen molar-refractivity contribution in [1.82, 2.24) is 0 Å². The van der Waals surface area contributed by atoms with Gasteiger partial charge in [0.2, 0.25) is 0 Å². The second kappa shape index (κ2) is 5.12. The van der Waals surface area contributed by atoms with Crippen molar-refractivity contribution >= 4 is 5.97 Å². The average molecular weight is 242 g/mol. The van der Waals surface area contributed by atoms with E-state index < -0.39 is 17.1 Å². The molecule has 0 spiro atoms. The normalized spacial score (nSPS) is 11.8. The van der Waals surface area contributed by atoms with Crippen LogP contribution in [0.3, 0.4) is 0 Å². The predicted octanol–water partition coefficient (Wildman–Crippen LogP) is -0.297. The van der Waals surface area contributed by atoms with Gasteiger partial charge < -0.3 is 15.9 Å². The van der Waals surface area contributed by atoms with Crippen LogP contribution in [0.15, 0.2) is 18.2 Å². The number of rotatable bonds is 4. The van der Waals surface area contributed by atoms with Crippen molar-refractivity contribution in [3.8, 4) is 11.5 Å². The first-order chi connectivity index (χ1) is 7.90. The molecule has 1 rings (SSSR count). The SMILES string of the molecule is NC(Cc1ccc(O)c(O)c1)C(=O)O[N+](=O)[O-]. The lowest BCUT2D eigenvalue weighted by atomic mass is 10.1. The molecule has 0 aliphatic carbocycles. The number of hydrogen-bond donors (Lipinski definition) is 3. The second-order valence-corrected chi connectivity index (χ2v) is 3.27. The molecule has 92 valence electrons. The molecule has 1 atom stereocenters. The first-order valence-corrected chi connectivity index (χ1v) is 4.53. The number of phenols is 2. The van der Waals surface area contributed by atoms with Crippen molar-refractivity contribution < 1.29 is 24.9 Å².